The molecule has 0 fully saturated rings. The van der Waals surface area contributed by atoms with Crippen molar-refractivity contribution in [3.05, 3.63) is 9.52 Å². The lowest BCUT2D eigenvalue weighted by Crippen LogP contribution is -2.30. The van der Waals surface area contributed by atoms with Crippen molar-refractivity contribution in [2.24, 2.45) is 0 Å². The maximum absolute atomic E-state index is 5.60. The highest BCUT2D eigenvalue weighted by Gasteiger charge is 2.03. The number of hydrogen-bond acceptors (Lipinski definition) is 2. The first-order valence-corrected chi connectivity index (χ1v) is 5.10. The molecule has 0 aliphatic rings. The lowest BCUT2D eigenvalue weighted by molar-refractivity contribution is 0.334. The molecule has 0 aromatic heterocycles. The Morgan fingerprint density at radius 2 is 1.92 bits per heavy atom. The van der Waals surface area contributed by atoms with Crippen molar-refractivity contribution in [2.45, 2.75) is 19.9 Å². The summed E-state index contributed by atoms with van der Waals surface area (Å²) in [5, 5.41) is 3.39. The molecule has 76 valence electrons. The third kappa shape index (κ3) is 7.38. The topological polar surface area (TPSA) is 21.3 Å². The SMILES string of the molecule is CC(C)NC(=S)OCC(Cl)=C(Cl)Cl. The molecule has 0 spiro atoms. The van der Waals surface area contributed by atoms with Crippen LogP contribution in [0.1, 0.15) is 13.8 Å². The summed E-state index contributed by atoms with van der Waals surface area (Å²) in [6.07, 6.45) is 0. The van der Waals surface area contributed by atoms with Crippen molar-refractivity contribution in [1.29, 1.82) is 0 Å². The third-order valence-corrected chi connectivity index (χ3v) is 2.13. The largest absolute Gasteiger partial charge is 0.465 e. The Bertz CT molecular complexity index is 214. The van der Waals surface area contributed by atoms with Gasteiger partial charge in [0.2, 0.25) is 0 Å². The molecule has 0 aromatic carbocycles. The van der Waals surface area contributed by atoms with Gasteiger partial charge in [0, 0.05) is 6.04 Å². The molecule has 0 radical (unpaired) electrons. The second kappa shape index (κ2) is 6.71. The van der Waals surface area contributed by atoms with Crippen molar-refractivity contribution in [3.8, 4) is 0 Å². The van der Waals surface area contributed by atoms with Gasteiger partial charge >= 0.3 is 0 Å². The minimum Gasteiger partial charge on any atom is -0.465 e. The van der Waals surface area contributed by atoms with Gasteiger partial charge in [-0.25, -0.2) is 0 Å². The van der Waals surface area contributed by atoms with E-state index in [0.717, 1.165) is 0 Å². The van der Waals surface area contributed by atoms with Crippen LogP contribution >= 0.6 is 47.0 Å². The fraction of sp³-hybridized carbons (Fsp3) is 0.571. The minimum atomic E-state index is -0.00554. The molecule has 0 unspecified atom stereocenters. The Hall–Kier alpha value is 0.300. The molecule has 2 nitrogen and oxygen atoms in total. The van der Waals surface area contributed by atoms with Gasteiger partial charge in [0.25, 0.3) is 5.17 Å². The molecule has 0 rings (SSSR count). The van der Waals surface area contributed by atoms with E-state index in [1.807, 2.05) is 13.8 Å². The first kappa shape index (κ1) is 13.3. The zero-order chi connectivity index (χ0) is 10.4. The van der Waals surface area contributed by atoms with Gasteiger partial charge in [-0.1, -0.05) is 34.8 Å². The van der Waals surface area contributed by atoms with Gasteiger partial charge in [-0.2, -0.15) is 0 Å². The van der Waals surface area contributed by atoms with Gasteiger partial charge in [0.05, 0.1) is 5.03 Å². The fourth-order valence-corrected chi connectivity index (χ4v) is 0.919. The van der Waals surface area contributed by atoms with Gasteiger partial charge in [-0.15, -0.1) is 0 Å². The molecule has 0 heterocycles. The summed E-state index contributed by atoms with van der Waals surface area (Å²) < 4.78 is 5.03. The standard InChI is InChI=1S/C7H10Cl3NOS/c1-4(2)11-7(13)12-3-5(8)6(9)10/h4H,3H2,1-2H3,(H,11,13). The van der Waals surface area contributed by atoms with Crippen LogP contribution in [0.25, 0.3) is 0 Å². The molecule has 0 aliphatic carbocycles. The van der Waals surface area contributed by atoms with E-state index in [1.165, 1.54) is 0 Å². The number of rotatable bonds is 3. The number of hydrogen-bond donors (Lipinski definition) is 1. The lowest BCUT2D eigenvalue weighted by atomic mass is 10.4. The predicted molar refractivity (Wildman–Crippen MR) is 61.4 cm³/mol. The van der Waals surface area contributed by atoms with Crippen LogP contribution in [0.15, 0.2) is 9.52 Å². The summed E-state index contributed by atoms with van der Waals surface area (Å²) in [5.41, 5.74) is 0. The number of halogens is 3. The second-order valence-corrected chi connectivity index (χ2v) is 4.32. The summed E-state index contributed by atoms with van der Waals surface area (Å²) >= 11 is 21.2. The maximum Gasteiger partial charge on any atom is 0.257 e. The fourth-order valence-electron chi connectivity index (χ4n) is 0.461. The Balaban J connectivity index is 3.78. The Morgan fingerprint density at radius 3 is 2.31 bits per heavy atom. The van der Waals surface area contributed by atoms with Crippen molar-refractivity contribution in [1.82, 2.24) is 5.32 Å². The number of nitrogens with one attached hydrogen (secondary N) is 1. The Kier molecular flexibility index (Phi) is 6.86. The van der Waals surface area contributed by atoms with E-state index in [1.54, 1.807) is 0 Å². The van der Waals surface area contributed by atoms with Crippen LogP contribution in [0.4, 0.5) is 0 Å². The molecule has 13 heavy (non-hydrogen) atoms. The summed E-state index contributed by atoms with van der Waals surface area (Å²) in [4.78, 5) is 0. The highest BCUT2D eigenvalue weighted by Crippen LogP contribution is 2.17. The van der Waals surface area contributed by atoms with Crippen molar-refractivity contribution in [3.63, 3.8) is 0 Å². The van der Waals surface area contributed by atoms with Gasteiger partial charge < -0.3 is 10.1 Å². The normalized spacial score (nSPS) is 9.69. The van der Waals surface area contributed by atoms with Crippen LogP contribution in [-0.2, 0) is 4.74 Å². The van der Waals surface area contributed by atoms with Crippen molar-refractivity contribution < 1.29 is 4.74 Å². The van der Waals surface area contributed by atoms with E-state index in [4.69, 9.17) is 51.8 Å². The zero-order valence-electron chi connectivity index (χ0n) is 7.23. The molecular weight excluding hydrogens is 253 g/mol. The molecule has 0 amide bonds. The average molecular weight is 263 g/mol. The highest BCUT2D eigenvalue weighted by molar-refractivity contribution is 7.80. The monoisotopic (exact) mass is 261 g/mol. The smallest absolute Gasteiger partial charge is 0.257 e. The molecule has 1 N–H and O–H groups in total. The lowest BCUT2D eigenvalue weighted by Gasteiger charge is -2.11. The second-order valence-electron chi connectivity index (χ2n) is 2.54. The summed E-state index contributed by atoms with van der Waals surface area (Å²) in [7, 11) is 0. The van der Waals surface area contributed by atoms with E-state index >= 15 is 0 Å². The quantitative estimate of drug-likeness (QED) is 0.790. The van der Waals surface area contributed by atoms with Crippen molar-refractivity contribution in [2.75, 3.05) is 6.61 Å². The molecule has 0 saturated carbocycles. The highest BCUT2D eigenvalue weighted by atomic mass is 35.5. The van der Waals surface area contributed by atoms with E-state index in [9.17, 15) is 0 Å². The first-order valence-electron chi connectivity index (χ1n) is 3.56. The average Bonchev–Trinajstić information content (AvgIpc) is 1.98. The number of thiocarbonyl (C=S) groups is 1. The predicted octanol–water partition coefficient (Wildman–Crippen LogP) is 3.17. The van der Waals surface area contributed by atoms with Crippen LogP contribution < -0.4 is 5.32 Å². The summed E-state index contributed by atoms with van der Waals surface area (Å²) in [5.74, 6) is 0. The molecular formula is C7H10Cl3NOS. The van der Waals surface area contributed by atoms with Crippen LogP contribution in [0.5, 0.6) is 0 Å². The maximum atomic E-state index is 5.60. The third-order valence-electron chi connectivity index (χ3n) is 0.942. The molecule has 0 atom stereocenters. The first-order chi connectivity index (χ1) is 5.93. The van der Waals surface area contributed by atoms with Gasteiger partial charge in [-0.05, 0) is 26.1 Å². The van der Waals surface area contributed by atoms with Crippen LogP contribution in [0.2, 0.25) is 0 Å². The Labute approximate surface area is 98.2 Å². The van der Waals surface area contributed by atoms with Crippen LogP contribution in [0, 0.1) is 0 Å². The van der Waals surface area contributed by atoms with Gasteiger partial charge in [-0.3, -0.25) is 0 Å². The number of ether oxygens (including phenoxy) is 1. The molecule has 0 aromatic rings. The van der Waals surface area contributed by atoms with E-state index < -0.39 is 0 Å². The molecule has 0 aliphatic heterocycles. The van der Waals surface area contributed by atoms with Gasteiger partial charge in [0.1, 0.15) is 11.1 Å². The van der Waals surface area contributed by atoms with E-state index in [2.05, 4.69) is 5.32 Å². The van der Waals surface area contributed by atoms with Crippen molar-refractivity contribution >= 4 is 52.2 Å². The van der Waals surface area contributed by atoms with Crippen LogP contribution in [-0.4, -0.2) is 17.8 Å². The molecule has 6 heteroatoms. The zero-order valence-corrected chi connectivity index (χ0v) is 10.3. The molecule has 0 saturated heterocycles. The molecule has 0 bridgehead atoms. The Morgan fingerprint density at radius 1 is 1.38 bits per heavy atom. The van der Waals surface area contributed by atoms with Crippen LogP contribution in [0.3, 0.4) is 0 Å². The summed E-state index contributed by atoms with van der Waals surface area (Å²) in [6, 6.07) is 0.224. The van der Waals surface area contributed by atoms with Gasteiger partial charge in [0.15, 0.2) is 0 Å². The minimum absolute atomic E-state index is 0.00554. The van der Waals surface area contributed by atoms with E-state index in [0.29, 0.717) is 0 Å². The van der Waals surface area contributed by atoms with E-state index in [-0.39, 0.29) is 27.3 Å². The summed E-state index contributed by atoms with van der Waals surface area (Å²) in [6.45, 7) is 3.98.